The number of halogens is 2. The Morgan fingerprint density at radius 2 is 1.87 bits per heavy atom. The molecule has 162 valence electrons. The van der Waals surface area contributed by atoms with Gasteiger partial charge >= 0.3 is 0 Å². The normalized spacial score (nSPS) is 16.6. The summed E-state index contributed by atoms with van der Waals surface area (Å²) in [5.41, 5.74) is 3.04. The molecule has 4 rings (SSSR count). The van der Waals surface area contributed by atoms with Gasteiger partial charge in [-0.1, -0.05) is 61.2 Å². The Labute approximate surface area is 192 Å². The van der Waals surface area contributed by atoms with Crippen LogP contribution >= 0.6 is 23.2 Å². The third kappa shape index (κ3) is 4.63. The van der Waals surface area contributed by atoms with E-state index in [1.54, 1.807) is 18.3 Å². The number of hydrogen-bond donors (Lipinski definition) is 1. The highest BCUT2D eigenvalue weighted by molar-refractivity contribution is 6.32. The lowest BCUT2D eigenvalue weighted by atomic mass is 9.94. The zero-order chi connectivity index (χ0) is 21.8. The topological polar surface area (TPSA) is 61.8 Å². The van der Waals surface area contributed by atoms with Crippen molar-refractivity contribution in [3.63, 3.8) is 0 Å². The molecule has 1 atom stereocenters. The van der Waals surface area contributed by atoms with Crippen molar-refractivity contribution < 1.29 is 9.59 Å². The van der Waals surface area contributed by atoms with Gasteiger partial charge in [0.15, 0.2) is 0 Å². The summed E-state index contributed by atoms with van der Waals surface area (Å²) in [7, 11) is 0. The molecule has 1 unspecified atom stereocenters. The molecule has 0 radical (unpaired) electrons. The average Bonchev–Trinajstić information content (AvgIpc) is 3.27. The molecule has 5 nitrogen and oxygen atoms in total. The Bertz CT molecular complexity index is 1000. The van der Waals surface area contributed by atoms with Gasteiger partial charge in [0.2, 0.25) is 11.8 Å². The lowest BCUT2D eigenvalue weighted by Gasteiger charge is -2.34. The largest absolute Gasteiger partial charge is 0.351 e. The molecule has 2 aromatic carbocycles. The summed E-state index contributed by atoms with van der Waals surface area (Å²) in [4.78, 5) is 32.7. The summed E-state index contributed by atoms with van der Waals surface area (Å²) >= 11 is 12.6. The van der Waals surface area contributed by atoms with Crippen molar-refractivity contribution >= 4 is 46.9 Å². The minimum atomic E-state index is -0.928. The molecular weight excluding hydrogens is 433 g/mol. The quantitative estimate of drug-likeness (QED) is 0.617. The minimum Gasteiger partial charge on any atom is -0.351 e. The number of anilines is 1. The first-order valence-corrected chi connectivity index (χ1v) is 11.6. The summed E-state index contributed by atoms with van der Waals surface area (Å²) in [5, 5.41) is 3.60. The maximum Gasteiger partial charge on any atom is 0.248 e. The summed E-state index contributed by atoms with van der Waals surface area (Å²) < 4.78 is 0. The van der Waals surface area contributed by atoms with E-state index in [4.69, 9.17) is 23.2 Å². The third-order valence-corrected chi connectivity index (χ3v) is 6.53. The van der Waals surface area contributed by atoms with Crippen LogP contribution in [0.4, 0.5) is 5.69 Å². The fourth-order valence-corrected chi connectivity index (χ4v) is 4.80. The van der Waals surface area contributed by atoms with Gasteiger partial charge in [-0.3, -0.25) is 19.5 Å². The molecule has 2 amide bonds. The van der Waals surface area contributed by atoms with Crippen LogP contribution in [0.25, 0.3) is 0 Å². The molecule has 0 spiro atoms. The molecule has 0 saturated heterocycles. The van der Waals surface area contributed by atoms with Gasteiger partial charge < -0.3 is 5.32 Å². The van der Waals surface area contributed by atoms with E-state index in [0.717, 1.165) is 36.8 Å². The van der Waals surface area contributed by atoms with Gasteiger partial charge in [-0.15, -0.1) is 11.6 Å². The molecule has 2 aromatic rings. The second kappa shape index (κ2) is 9.84. The number of benzene rings is 2. The third-order valence-electron chi connectivity index (χ3n) is 5.96. The molecular formula is C24H25Cl2N3O2. The van der Waals surface area contributed by atoms with Gasteiger partial charge in [-0.2, -0.15) is 0 Å². The van der Waals surface area contributed by atoms with E-state index in [0.29, 0.717) is 22.8 Å². The highest BCUT2D eigenvalue weighted by atomic mass is 35.5. The number of carbonyl (C=O) groups excluding carboxylic acids is 2. The van der Waals surface area contributed by atoms with E-state index in [1.807, 2.05) is 30.3 Å². The lowest BCUT2D eigenvalue weighted by Crippen LogP contribution is -2.48. The highest BCUT2D eigenvalue weighted by Crippen LogP contribution is 2.36. The Morgan fingerprint density at radius 1 is 1.10 bits per heavy atom. The summed E-state index contributed by atoms with van der Waals surface area (Å²) in [6, 6.07) is 12.0. The first-order valence-electron chi connectivity index (χ1n) is 10.6. The lowest BCUT2D eigenvalue weighted by molar-refractivity contribution is -0.126. The molecule has 0 bridgehead atoms. The van der Waals surface area contributed by atoms with E-state index in [2.05, 4.69) is 10.3 Å². The Balaban J connectivity index is 1.80. The van der Waals surface area contributed by atoms with Crippen LogP contribution in [0.5, 0.6) is 0 Å². The molecule has 1 N–H and O–H groups in total. The summed E-state index contributed by atoms with van der Waals surface area (Å²) in [6.07, 6.45) is 7.01. The van der Waals surface area contributed by atoms with Crippen LogP contribution in [-0.4, -0.2) is 30.0 Å². The van der Waals surface area contributed by atoms with Gasteiger partial charge in [0.25, 0.3) is 0 Å². The van der Waals surface area contributed by atoms with Crippen molar-refractivity contribution in [3.8, 4) is 0 Å². The number of nitrogens with one attached hydrogen (secondary N) is 1. The van der Waals surface area contributed by atoms with Gasteiger partial charge in [-0.05, 0) is 30.5 Å². The molecule has 2 aliphatic rings. The highest BCUT2D eigenvalue weighted by Gasteiger charge is 2.36. The Kier molecular flexibility index (Phi) is 6.93. The number of amides is 2. The number of fused-ring (bicyclic) bond motifs is 1. The smallest absolute Gasteiger partial charge is 0.248 e. The Morgan fingerprint density at radius 3 is 2.61 bits per heavy atom. The zero-order valence-corrected chi connectivity index (χ0v) is 18.7. The van der Waals surface area contributed by atoms with Gasteiger partial charge in [-0.25, -0.2) is 0 Å². The first-order chi connectivity index (χ1) is 15.1. The monoisotopic (exact) mass is 457 g/mol. The van der Waals surface area contributed by atoms with Crippen molar-refractivity contribution in [1.29, 1.82) is 0 Å². The number of aliphatic imine (C=N–C) groups is 1. The van der Waals surface area contributed by atoms with Crippen LogP contribution in [0, 0.1) is 0 Å². The number of rotatable bonds is 6. The number of hydrogen-bond acceptors (Lipinski definition) is 3. The van der Waals surface area contributed by atoms with Crippen LogP contribution in [-0.2, 0) is 16.1 Å². The standard InChI is InChI=1S/C24H25Cl2N3O2/c25-13-22(30)29(21-12-6-7-16-14-27-15-19(16)21)23(18-10-4-5-11-20(18)26)24(31)28-17-8-2-1-3-9-17/h4-7,10-12,15,17,23H,1-3,8-9,13-14H2,(H,28,31). The van der Waals surface area contributed by atoms with Crippen molar-refractivity contribution in [3.05, 3.63) is 64.2 Å². The molecule has 1 aliphatic heterocycles. The number of carbonyl (C=O) groups is 2. The van der Waals surface area contributed by atoms with E-state index >= 15 is 0 Å². The van der Waals surface area contributed by atoms with E-state index in [9.17, 15) is 9.59 Å². The Hall–Kier alpha value is -2.37. The second-order valence-corrected chi connectivity index (χ2v) is 8.66. The minimum absolute atomic E-state index is 0.0993. The van der Waals surface area contributed by atoms with Crippen LogP contribution in [0.1, 0.15) is 54.8 Å². The number of alkyl halides is 1. The van der Waals surface area contributed by atoms with Crippen LogP contribution in [0.3, 0.4) is 0 Å². The van der Waals surface area contributed by atoms with E-state index in [-0.39, 0.29) is 23.7 Å². The molecule has 7 heteroatoms. The van der Waals surface area contributed by atoms with Crippen molar-refractivity contribution in [1.82, 2.24) is 5.32 Å². The van der Waals surface area contributed by atoms with Crippen LogP contribution in [0.15, 0.2) is 47.5 Å². The van der Waals surface area contributed by atoms with Crippen LogP contribution in [0.2, 0.25) is 5.02 Å². The number of nitrogens with zero attached hydrogens (tertiary/aromatic N) is 2. The maximum absolute atomic E-state index is 13.7. The summed E-state index contributed by atoms with van der Waals surface area (Å²) in [6.45, 7) is 0.553. The van der Waals surface area contributed by atoms with E-state index in [1.165, 1.54) is 11.3 Å². The van der Waals surface area contributed by atoms with Gasteiger partial charge in [0, 0.05) is 28.4 Å². The van der Waals surface area contributed by atoms with Gasteiger partial charge in [0.05, 0.1) is 12.2 Å². The maximum atomic E-state index is 13.7. The fraction of sp³-hybridized carbons (Fsp3) is 0.375. The van der Waals surface area contributed by atoms with Gasteiger partial charge in [0.1, 0.15) is 11.9 Å². The zero-order valence-electron chi connectivity index (χ0n) is 17.2. The molecule has 1 saturated carbocycles. The fourth-order valence-electron chi connectivity index (χ4n) is 4.44. The second-order valence-electron chi connectivity index (χ2n) is 7.98. The molecule has 1 aliphatic carbocycles. The van der Waals surface area contributed by atoms with Crippen molar-refractivity contribution in [2.75, 3.05) is 10.8 Å². The predicted octanol–water partition coefficient (Wildman–Crippen LogP) is 5.03. The first kappa shape index (κ1) is 21.8. The predicted molar refractivity (Wildman–Crippen MR) is 125 cm³/mol. The van der Waals surface area contributed by atoms with E-state index < -0.39 is 6.04 Å². The molecule has 1 heterocycles. The molecule has 1 fully saturated rings. The molecule has 0 aromatic heterocycles. The van der Waals surface area contributed by atoms with Crippen molar-refractivity contribution in [2.45, 2.75) is 50.7 Å². The average molecular weight is 458 g/mol. The summed E-state index contributed by atoms with van der Waals surface area (Å²) in [5.74, 6) is -0.858. The van der Waals surface area contributed by atoms with Crippen molar-refractivity contribution in [2.24, 2.45) is 4.99 Å². The van der Waals surface area contributed by atoms with Crippen LogP contribution < -0.4 is 10.2 Å². The SMILES string of the molecule is O=C(NC1CCCCC1)C(c1ccccc1Cl)N(C(=O)CCl)c1cccc2c1C=NC2. The molecule has 31 heavy (non-hydrogen) atoms.